The molecular formula is C15H18N2O4. The van der Waals surface area contributed by atoms with Gasteiger partial charge in [0.05, 0.1) is 13.7 Å². The number of hydrogen-bond acceptors (Lipinski definition) is 5. The second-order valence-corrected chi connectivity index (χ2v) is 5.08. The van der Waals surface area contributed by atoms with E-state index >= 15 is 0 Å². The Morgan fingerprint density at radius 3 is 2.57 bits per heavy atom. The van der Waals surface area contributed by atoms with E-state index in [9.17, 15) is 9.59 Å². The molecule has 0 aliphatic heterocycles. The van der Waals surface area contributed by atoms with Crippen molar-refractivity contribution < 1.29 is 19.1 Å². The van der Waals surface area contributed by atoms with Crippen LogP contribution >= 0.6 is 0 Å². The molecule has 0 unspecified atom stereocenters. The molecule has 0 atom stereocenters. The summed E-state index contributed by atoms with van der Waals surface area (Å²) in [5.41, 5.74) is 0.314. The molecule has 6 nitrogen and oxygen atoms in total. The van der Waals surface area contributed by atoms with Gasteiger partial charge in [-0.25, -0.2) is 14.6 Å². The number of carbonyl (C=O) groups excluding carboxylic acids is 2. The minimum Gasteiger partial charge on any atom is -0.464 e. The van der Waals surface area contributed by atoms with Gasteiger partial charge in [-0.3, -0.25) is 0 Å². The van der Waals surface area contributed by atoms with E-state index in [1.807, 2.05) is 0 Å². The van der Waals surface area contributed by atoms with E-state index in [2.05, 4.69) is 26.9 Å². The lowest BCUT2D eigenvalue weighted by molar-refractivity contribution is 0.0533. The Morgan fingerprint density at radius 1 is 1.33 bits per heavy atom. The lowest BCUT2D eigenvalue weighted by Gasteiger charge is -2.18. The highest BCUT2D eigenvalue weighted by molar-refractivity contribution is 5.87. The van der Waals surface area contributed by atoms with Gasteiger partial charge in [0.2, 0.25) is 0 Å². The zero-order chi connectivity index (χ0) is 15.9. The molecule has 21 heavy (non-hydrogen) atoms. The Kier molecular flexibility index (Phi) is 5.73. The zero-order valence-corrected chi connectivity index (χ0v) is 12.5. The first-order valence-corrected chi connectivity index (χ1v) is 6.32. The van der Waals surface area contributed by atoms with Crippen LogP contribution in [0.25, 0.3) is 0 Å². The number of hydrogen-bond donors (Lipinski definition) is 1. The summed E-state index contributed by atoms with van der Waals surface area (Å²) in [6.45, 7) is 5.51. The van der Waals surface area contributed by atoms with Crippen LogP contribution in [-0.2, 0) is 9.47 Å². The van der Waals surface area contributed by atoms with E-state index in [1.165, 1.54) is 19.4 Å². The molecule has 1 N–H and O–H groups in total. The third-order valence-electron chi connectivity index (χ3n) is 2.11. The third-order valence-corrected chi connectivity index (χ3v) is 2.11. The summed E-state index contributed by atoms with van der Waals surface area (Å²) in [5.74, 6) is 5.08. The number of methoxy groups -OCH3 is 1. The van der Waals surface area contributed by atoms with Gasteiger partial charge in [-0.2, -0.15) is 0 Å². The van der Waals surface area contributed by atoms with E-state index in [4.69, 9.17) is 4.74 Å². The number of alkyl carbamates (subject to hydrolysis) is 1. The molecule has 0 aliphatic rings. The summed E-state index contributed by atoms with van der Waals surface area (Å²) >= 11 is 0. The van der Waals surface area contributed by atoms with E-state index in [0.29, 0.717) is 5.56 Å². The Bertz CT molecular complexity index is 562. The molecule has 0 saturated carbocycles. The minimum atomic E-state index is -0.537. The van der Waals surface area contributed by atoms with Crippen molar-refractivity contribution in [3.05, 3.63) is 29.6 Å². The van der Waals surface area contributed by atoms with Gasteiger partial charge >= 0.3 is 12.1 Å². The molecule has 0 aliphatic carbocycles. The molecule has 0 fully saturated rings. The van der Waals surface area contributed by atoms with Crippen LogP contribution in [0.3, 0.4) is 0 Å². The van der Waals surface area contributed by atoms with E-state index < -0.39 is 17.7 Å². The first-order valence-electron chi connectivity index (χ1n) is 6.32. The fraction of sp³-hybridized carbons (Fsp3) is 0.400. The zero-order valence-electron chi connectivity index (χ0n) is 12.5. The SMILES string of the molecule is COC(=O)c1ccc(C#CCNC(=O)OC(C)(C)C)cn1. The van der Waals surface area contributed by atoms with Crippen LogP contribution in [0.4, 0.5) is 4.79 Å². The summed E-state index contributed by atoms with van der Waals surface area (Å²) < 4.78 is 9.60. The predicted octanol–water partition coefficient (Wildman–Crippen LogP) is 1.74. The molecular weight excluding hydrogens is 272 g/mol. The molecule has 1 aromatic rings. The number of esters is 1. The molecule has 1 amide bonds. The van der Waals surface area contributed by atoms with Crippen molar-refractivity contribution in [2.75, 3.05) is 13.7 Å². The van der Waals surface area contributed by atoms with Crippen molar-refractivity contribution in [1.29, 1.82) is 0 Å². The van der Waals surface area contributed by atoms with Crippen LogP contribution in [-0.4, -0.2) is 36.3 Å². The summed E-state index contributed by atoms with van der Waals surface area (Å²) in [6, 6.07) is 3.18. The maximum atomic E-state index is 11.4. The number of pyridine rings is 1. The standard InChI is InChI=1S/C15H18N2O4/c1-15(2,3)21-14(19)16-9-5-6-11-7-8-12(17-10-11)13(18)20-4/h7-8,10H,9H2,1-4H3,(H,16,19). The minimum absolute atomic E-state index is 0.160. The van der Waals surface area contributed by atoms with Crippen molar-refractivity contribution in [1.82, 2.24) is 10.3 Å². The van der Waals surface area contributed by atoms with Gasteiger partial charge in [-0.1, -0.05) is 11.8 Å². The van der Waals surface area contributed by atoms with Gasteiger partial charge in [-0.15, -0.1) is 0 Å². The second-order valence-electron chi connectivity index (χ2n) is 5.08. The molecule has 0 saturated heterocycles. The van der Waals surface area contributed by atoms with Gasteiger partial charge in [0.25, 0.3) is 0 Å². The second kappa shape index (κ2) is 7.29. The van der Waals surface area contributed by atoms with E-state index in [0.717, 1.165) is 0 Å². The maximum absolute atomic E-state index is 11.4. The normalized spacial score (nSPS) is 10.1. The smallest absolute Gasteiger partial charge is 0.408 e. The molecule has 0 aromatic carbocycles. The Labute approximate surface area is 123 Å². The van der Waals surface area contributed by atoms with Crippen LogP contribution in [0.2, 0.25) is 0 Å². The molecule has 1 aromatic heterocycles. The van der Waals surface area contributed by atoms with E-state index in [1.54, 1.807) is 26.8 Å². The number of nitrogens with zero attached hydrogens (tertiary/aromatic N) is 1. The van der Waals surface area contributed by atoms with E-state index in [-0.39, 0.29) is 12.2 Å². The first kappa shape index (κ1) is 16.5. The topological polar surface area (TPSA) is 77.5 Å². The molecule has 112 valence electrons. The highest BCUT2D eigenvalue weighted by Gasteiger charge is 2.14. The molecule has 0 spiro atoms. The molecule has 1 rings (SSSR count). The average molecular weight is 290 g/mol. The monoisotopic (exact) mass is 290 g/mol. The number of aromatic nitrogens is 1. The van der Waals surface area contributed by atoms with Crippen molar-refractivity contribution in [3.63, 3.8) is 0 Å². The summed E-state index contributed by atoms with van der Waals surface area (Å²) in [6.07, 6.45) is 0.947. The van der Waals surface area contributed by atoms with Crippen molar-refractivity contribution in [2.45, 2.75) is 26.4 Å². The van der Waals surface area contributed by atoms with Crippen molar-refractivity contribution >= 4 is 12.1 Å². The summed E-state index contributed by atoms with van der Waals surface area (Å²) in [4.78, 5) is 26.5. The predicted molar refractivity (Wildman–Crippen MR) is 76.7 cm³/mol. The van der Waals surface area contributed by atoms with Crippen LogP contribution in [0.5, 0.6) is 0 Å². The molecule has 0 bridgehead atoms. The van der Waals surface area contributed by atoms with Crippen molar-refractivity contribution in [3.8, 4) is 11.8 Å². The quantitative estimate of drug-likeness (QED) is 0.663. The number of carbonyl (C=O) groups is 2. The molecule has 1 heterocycles. The molecule has 0 radical (unpaired) electrons. The Hall–Kier alpha value is -2.55. The average Bonchev–Trinajstić information content (AvgIpc) is 2.41. The molecule has 6 heteroatoms. The number of nitrogens with one attached hydrogen (secondary N) is 1. The van der Waals surface area contributed by atoms with Gasteiger partial charge in [0.1, 0.15) is 11.3 Å². The van der Waals surface area contributed by atoms with Gasteiger partial charge in [0, 0.05) is 11.8 Å². The number of rotatable bonds is 2. The Morgan fingerprint density at radius 2 is 2.05 bits per heavy atom. The van der Waals surface area contributed by atoms with Crippen LogP contribution < -0.4 is 5.32 Å². The maximum Gasteiger partial charge on any atom is 0.408 e. The lowest BCUT2D eigenvalue weighted by atomic mass is 10.2. The third kappa shape index (κ3) is 6.43. The Balaban J connectivity index is 2.48. The van der Waals surface area contributed by atoms with Crippen LogP contribution in [0.1, 0.15) is 36.8 Å². The first-order chi connectivity index (χ1) is 9.81. The largest absolute Gasteiger partial charge is 0.464 e. The van der Waals surface area contributed by atoms with Gasteiger partial charge in [-0.05, 0) is 32.9 Å². The number of amides is 1. The summed E-state index contributed by atoms with van der Waals surface area (Å²) in [7, 11) is 1.29. The number of ether oxygens (including phenoxy) is 2. The van der Waals surface area contributed by atoms with Gasteiger partial charge < -0.3 is 14.8 Å². The van der Waals surface area contributed by atoms with Crippen LogP contribution in [0, 0.1) is 11.8 Å². The highest BCUT2D eigenvalue weighted by Crippen LogP contribution is 2.06. The van der Waals surface area contributed by atoms with Gasteiger partial charge in [0.15, 0.2) is 0 Å². The van der Waals surface area contributed by atoms with Crippen LogP contribution in [0.15, 0.2) is 18.3 Å². The highest BCUT2D eigenvalue weighted by atomic mass is 16.6. The lowest BCUT2D eigenvalue weighted by Crippen LogP contribution is -2.32. The summed E-state index contributed by atoms with van der Waals surface area (Å²) in [5, 5.41) is 2.52. The fourth-order valence-electron chi connectivity index (χ4n) is 1.27. The fourth-order valence-corrected chi connectivity index (χ4v) is 1.27. The van der Waals surface area contributed by atoms with Crippen molar-refractivity contribution in [2.24, 2.45) is 0 Å².